The first-order valence-electron chi connectivity index (χ1n) is 10.2. The Labute approximate surface area is 148 Å². The third kappa shape index (κ3) is 2.20. The lowest BCUT2D eigenvalue weighted by atomic mass is 9.36. The van der Waals surface area contributed by atoms with Gasteiger partial charge in [-0.1, -0.05) is 27.7 Å². The molecular formula is C21H38O3. The second kappa shape index (κ2) is 5.69. The Morgan fingerprint density at radius 2 is 1.21 bits per heavy atom. The summed E-state index contributed by atoms with van der Waals surface area (Å²) in [6.45, 7) is 8.50. The lowest BCUT2D eigenvalue weighted by molar-refractivity contribution is -0.299. The summed E-state index contributed by atoms with van der Waals surface area (Å²) < 4.78 is 6.15. The molecule has 0 amide bonds. The number of aliphatic hydroxyl groups is 2. The lowest BCUT2D eigenvalue weighted by Crippen LogP contribution is -2.71. The molecule has 3 heteroatoms. The molecule has 24 heavy (non-hydrogen) atoms. The zero-order chi connectivity index (χ0) is 17.9. The van der Waals surface area contributed by atoms with Gasteiger partial charge in [0.05, 0.1) is 16.8 Å². The van der Waals surface area contributed by atoms with Gasteiger partial charge in [-0.15, -0.1) is 0 Å². The Hall–Kier alpha value is -0.120. The van der Waals surface area contributed by atoms with Gasteiger partial charge in [0.25, 0.3) is 0 Å². The molecule has 4 rings (SSSR count). The molecule has 0 radical (unpaired) electrons. The molecule has 0 aromatic heterocycles. The zero-order valence-corrected chi connectivity index (χ0v) is 16.5. The molecule has 3 nitrogen and oxygen atoms in total. The predicted molar refractivity (Wildman–Crippen MR) is 96.9 cm³/mol. The van der Waals surface area contributed by atoms with Crippen LogP contribution in [0.3, 0.4) is 0 Å². The van der Waals surface area contributed by atoms with Crippen LogP contribution in [-0.2, 0) is 4.74 Å². The number of hydrogen-bond donors (Lipinski definition) is 2. The minimum atomic E-state index is -0.635. The van der Waals surface area contributed by atoms with E-state index in [1.807, 2.05) is 7.11 Å². The van der Waals surface area contributed by atoms with Crippen molar-refractivity contribution in [1.29, 1.82) is 0 Å². The normalized spacial score (nSPS) is 41.9. The van der Waals surface area contributed by atoms with Crippen molar-refractivity contribution in [3.63, 3.8) is 0 Å². The van der Waals surface area contributed by atoms with Crippen LogP contribution in [0.25, 0.3) is 0 Å². The molecule has 0 aliphatic heterocycles. The van der Waals surface area contributed by atoms with Crippen molar-refractivity contribution < 1.29 is 14.9 Å². The first kappa shape index (κ1) is 18.7. The standard InChI is InChI=1S/C21H38O3/c1-6-20(22,7-2)17-10-16-11-18(13-17,21(23,8-3)9-4)15-19(12-16,14-17)24-5/h16,22-23H,6-15H2,1-5H3. The second-order valence-electron chi connectivity index (χ2n) is 9.43. The van der Waals surface area contributed by atoms with E-state index in [-0.39, 0.29) is 16.4 Å². The second-order valence-corrected chi connectivity index (χ2v) is 9.43. The van der Waals surface area contributed by atoms with Gasteiger partial charge < -0.3 is 14.9 Å². The zero-order valence-electron chi connectivity index (χ0n) is 16.5. The Bertz CT molecular complexity index is 443. The van der Waals surface area contributed by atoms with Crippen LogP contribution >= 0.6 is 0 Å². The molecule has 4 aliphatic carbocycles. The van der Waals surface area contributed by atoms with Gasteiger partial charge in [0.15, 0.2) is 0 Å². The summed E-state index contributed by atoms with van der Waals surface area (Å²) in [6.07, 6.45) is 9.42. The van der Waals surface area contributed by atoms with Crippen molar-refractivity contribution in [1.82, 2.24) is 0 Å². The minimum absolute atomic E-state index is 0.0930. The first-order chi connectivity index (χ1) is 11.2. The summed E-state index contributed by atoms with van der Waals surface area (Å²) in [5.41, 5.74) is -1.60. The largest absolute Gasteiger partial charge is 0.389 e. The monoisotopic (exact) mass is 338 g/mol. The highest BCUT2D eigenvalue weighted by Gasteiger charge is 2.71. The summed E-state index contributed by atoms with van der Waals surface area (Å²) in [5.74, 6) is 0.579. The van der Waals surface area contributed by atoms with E-state index < -0.39 is 11.2 Å². The average molecular weight is 339 g/mol. The number of methoxy groups -OCH3 is 1. The van der Waals surface area contributed by atoms with Gasteiger partial charge in [-0.2, -0.15) is 0 Å². The molecule has 0 aromatic carbocycles. The highest BCUT2D eigenvalue weighted by atomic mass is 16.5. The Morgan fingerprint density at radius 1 is 0.792 bits per heavy atom. The number of hydrogen-bond acceptors (Lipinski definition) is 3. The predicted octanol–water partition coefficient (Wildman–Crippen LogP) is 4.44. The van der Waals surface area contributed by atoms with Gasteiger partial charge in [0.2, 0.25) is 0 Å². The molecule has 4 saturated carbocycles. The Morgan fingerprint density at radius 3 is 1.54 bits per heavy atom. The summed E-state index contributed by atoms with van der Waals surface area (Å²) in [7, 11) is 1.85. The average Bonchev–Trinajstić information content (AvgIpc) is 2.58. The summed E-state index contributed by atoms with van der Waals surface area (Å²) >= 11 is 0. The van der Waals surface area contributed by atoms with Crippen molar-refractivity contribution >= 4 is 0 Å². The van der Waals surface area contributed by atoms with Crippen LogP contribution in [-0.4, -0.2) is 34.1 Å². The van der Waals surface area contributed by atoms with E-state index in [1.165, 1.54) is 0 Å². The number of ether oxygens (including phenoxy) is 1. The lowest BCUT2D eigenvalue weighted by Gasteiger charge is -2.72. The number of rotatable bonds is 7. The fraction of sp³-hybridized carbons (Fsp3) is 1.00. The third-order valence-electron chi connectivity index (χ3n) is 8.76. The van der Waals surface area contributed by atoms with E-state index in [0.717, 1.165) is 64.2 Å². The molecule has 2 unspecified atom stereocenters. The van der Waals surface area contributed by atoms with Gasteiger partial charge in [-0.3, -0.25) is 0 Å². The fourth-order valence-electron chi connectivity index (χ4n) is 7.62. The topological polar surface area (TPSA) is 49.7 Å². The van der Waals surface area contributed by atoms with Crippen LogP contribution in [0, 0.1) is 16.7 Å². The van der Waals surface area contributed by atoms with Crippen molar-refractivity contribution in [3.05, 3.63) is 0 Å². The smallest absolute Gasteiger partial charge is 0.0699 e. The molecule has 4 fully saturated rings. The van der Waals surface area contributed by atoms with E-state index in [2.05, 4.69) is 27.7 Å². The van der Waals surface area contributed by atoms with Gasteiger partial charge in [-0.05, 0) is 70.1 Å². The van der Waals surface area contributed by atoms with E-state index in [1.54, 1.807) is 0 Å². The van der Waals surface area contributed by atoms with Gasteiger partial charge in [0.1, 0.15) is 0 Å². The molecular weight excluding hydrogens is 300 g/mol. The Balaban J connectivity index is 2.12. The van der Waals surface area contributed by atoms with Crippen LogP contribution in [0.2, 0.25) is 0 Å². The van der Waals surface area contributed by atoms with Crippen molar-refractivity contribution in [2.45, 2.75) is 109 Å². The summed E-state index contributed by atoms with van der Waals surface area (Å²) in [4.78, 5) is 0. The molecule has 0 aromatic rings. The first-order valence-corrected chi connectivity index (χ1v) is 10.2. The highest BCUT2D eigenvalue weighted by Crippen LogP contribution is 2.73. The molecule has 2 atom stereocenters. The van der Waals surface area contributed by atoms with Gasteiger partial charge >= 0.3 is 0 Å². The maximum atomic E-state index is 11.6. The van der Waals surface area contributed by atoms with Gasteiger partial charge in [0, 0.05) is 17.9 Å². The third-order valence-corrected chi connectivity index (χ3v) is 8.76. The highest BCUT2D eigenvalue weighted by molar-refractivity contribution is 5.22. The van der Waals surface area contributed by atoms with Crippen LogP contribution in [0.4, 0.5) is 0 Å². The molecule has 0 saturated heterocycles. The van der Waals surface area contributed by atoms with Crippen molar-refractivity contribution in [2.24, 2.45) is 16.7 Å². The molecule has 0 heterocycles. The van der Waals surface area contributed by atoms with E-state index in [0.29, 0.717) is 5.92 Å². The van der Waals surface area contributed by atoms with Crippen LogP contribution in [0.1, 0.15) is 91.9 Å². The molecule has 4 aliphatic rings. The molecule has 0 spiro atoms. The SMILES string of the molecule is CCC(O)(CC)C12CC3CC(OC)(C1)CC(C(O)(CC)CC)(C3)C2. The van der Waals surface area contributed by atoms with E-state index >= 15 is 0 Å². The molecule has 2 N–H and O–H groups in total. The van der Waals surface area contributed by atoms with E-state index in [9.17, 15) is 10.2 Å². The van der Waals surface area contributed by atoms with E-state index in [4.69, 9.17) is 4.74 Å². The van der Waals surface area contributed by atoms with Crippen molar-refractivity contribution in [3.8, 4) is 0 Å². The van der Waals surface area contributed by atoms with Crippen LogP contribution < -0.4 is 0 Å². The molecule has 4 bridgehead atoms. The maximum absolute atomic E-state index is 11.6. The van der Waals surface area contributed by atoms with Crippen molar-refractivity contribution in [2.75, 3.05) is 7.11 Å². The fourth-order valence-corrected chi connectivity index (χ4v) is 7.62. The van der Waals surface area contributed by atoms with Gasteiger partial charge in [-0.25, -0.2) is 0 Å². The summed E-state index contributed by atoms with van der Waals surface area (Å²) in [5, 5.41) is 23.2. The Kier molecular flexibility index (Phi) is 4.42. The minimum Gasteiger partial charge on any atom is -0.389 e. The molecule has 140 valence electrons. The maximum Gasteiger partial charge on any atom is 0.0699 e. The van der Waals surface area contributed by atoms with Crippen LogP contribution in [0.5, 0.6) is 0 Å². The summed E-state index contributed by atoms with van der Waals surface area (Å²) in [6, 6.07) is 0. The van der Waals surface area contributed by atoms with Crippen LogP contribution in [0.15, 0.2) is 0 Å². The quantitative estimate of drug-likeness (QED) is 0.721.